The Kier molecular flexibility index (Phi) is 3.31. The third kappa shape index (κ3) is 2.64. The van der Waals surface area contributed by atoms with Crippen LogP contribution in [0.4, 0.5) is 0 Å². The van der Waals surface area contributed by atoms with Crippen LogP contribution in [-0.4, -0.2) is 30.6 Å². The Morgan fingerprint density at radius 1 is 1.20 bits per heavy atom. The summed E-state index contributed by atoms with van der Waals surface area (Å²) in [5, 5.41) is 3.82. The van der Waals surface area contributed by atoms with Crippen LogP contribution in [0.25, 0.3) is 0 Å². The highest BCUT2D eigenvalue weighted by Gasteiger charge is 2.41. The standard InChI is InChI=1S/C18H26N2/c1-13-9-16(13)11-20-12-17(14-7-8-14)19-10-18(20)15-5-3-2-4-6-15/h2-6,13-14,16-19H,7-12H2,1H3. The molecule has 0 amide bonds. The highest BCUT2D eigenvalue weighted by molar-refractivity contribution is 5.20. The average molecular weight is 270 g/mol. The van der Waals surface area contributed by atoms with E-state index in [1.807, 2.05) is 0 Å². The molecule has 2 saturated carbocycles. The Morgan fingerprint density at radius 3 is 2.60 bits per heavy atom. The lowest BCUT2D eigenvalue weighted by atomic mass is 9.98. The third-order valence-electron chi connectivity index (χ3n) is 5.57. The van der Waals surface area contributed by atoms with Crippen LogP contribution in [0.3, 0.4) is 0 Å². The molecule has 0 aromatic heterocycles. The number of nitrogens with zero attached hydrogens (tertiary/aromatic N) is 1. The predicted molar refractivity (Wildman–Crippen MR) is 82.5 cm³/mol. The van der Waals surface area contributed by atoms with Crippen LogP contribution in [0, 0.1) is 17.8 Å². The molecule has 2 heteroatoms. The summed E-state index contributed by atoms with van der Waals surface area (Å²) in [5.41, 5.74) is 1.49. The lowest BCUT2D eigenvalue weighted by molar-refractivity contribution is 0.115. The van der Waals surface area contributed by atoms with Crippen molar-refractivity contribution in [3.05, 3.63) is 35.9 Å². The van der Waals surface area contributed by atoms with E-state index in [0.29, 0.717) is 6.04 Å². The van der Waals surface area contributed by atoms with Gasteiger partial charge in [-0.25, -0.2) is 0 Å². The van der Waals surface area contributed by atoms with E-state index in [1.54, 1.807) is 0 Å². The molecule has 0 spiro atoms. The van der Waals surface area contributed by atoms with E-state index < -0.39 is 0 Å². The van der Waals surface area contributed by atoms with E-state index in [-0.39, 0.29) is 0 Å². The van der Waals surface area contributed by atoms with Crippen LogP contribution in [-0.2, 0) is 0 Å². The molecule has 4 unspecified atom stereocenters. The van der Waals surface area contributed by atoms with Crippen molar-refractivity contribution in [2.75, 3.05) is 19.6 Å². The zero-order chi connectivity index (χ0) is 13.5. The number of hydrogen-bond acceptors (Lipinski definition) is 2. The summed E-state index contributed by atoms with van der Waals surface area (Å²) in [6.45, 7) is 6.11. The zero-order valence-electron chi connectivity index (χ0n) is 12.5. The molecule has 1 aromatic carbocycles. The molecule has 0 radical (unpaired) electrons. The third-order valence-corrected chi connectivity index (χ3v) is 5.57. The first-order chi connectivity index (χ1) is 9.81. The number of hydrogen-bond donors (Lipinski definition) is 1. The molecular formula is C18H26N2. The Morgan fingerprint density at radius 2 is 1.95 bits per heavy atom. The summed E-state index contributed by atoms with van der Waals surface area (Å²) < 4.78 is 0. The topological polar surface area (TPSA) is 15.3 Å². The highest BCUT2D eigenvalue weighted by atomic mass is 15.2. The maximum Gasteiger partial charge on any atom is 0.0473 e. The normalized spacial score (nSPS) is 37.9. The molecule has 2 aliphatic carbocycles. The van der Waals surface area contributed by atoms with Crippen molar-refractivity contribution in [2.45, 2.75) is 38.3 Å². The van der Waals surface area contributed by atoms with Crippen LogP contribution in [0.15, 0.2) is 30.3 Å². The molecule has 1 heterocycles. The van der Waals surface area contributed by atoms with Gasteiger partial charge in [0.05, 0.1) is 0 Å². The molecule has 20 heavy (non-hydrogen) atoms. The first kappa shape index (κ1) is 12.8. The average Bonchev–Trinajstić information content (AvgIpc) is 3.38. The van der Waals surface area contributed by atoms with Gasteiger partial charge in [-0.3, -0.25) is 4.90 Å². The van der Waals surface area contributed by atoms with Gasteiger partial charge in [-0.2, -0.15) is 0 Å². The molecule has 0 bridgehead atoms. The smallest absolute Gasteiger partial charge is 0.0473 e. The summed E-state index contributed by atoms with van der Waals surface area (Å²) >= 11 is 0. The summed E-state index contributed by atoms with van der Waals surface area (Å²) in [6, 6.07) is 12.4. The Balaban J connectivity index is 1.50. The molecule has 108 valence electrons. The number of benzene rings is 1. The monoisotopic (exact) mass is 270 g/mol. The van der Waals surface area contributed by atoms with Crippen molar-refractivity contribution in [3.63, 3.8) is 0 Å². The first-order valence-corrected chi connectivity index (χ1v) is 8.33. The van der Waals surface area contributed by atoms with Crippen molar-refractivity contribution >= 4 is 0 Å². The first-order valence-electron chi connectivity index (χ1n) is 8.33. The fraction of sp³-hybridized carbons (Fsp3) is 0.667. The Labute approximate surface area is 122 Å². The van der Waals surface area contributed by atoms with Gasteiger partial charge in [0.2, 0.25) is 0 Å². The summed E-state index contributed by atoms with van der Waals surface area (Å²) in [4.78, 5) is 2.78. The van der Waals surface area contributed by atoms with E-state index in [4.69, 9.17) is 0 Å². The molecular weight excluding hydrogens is 244 g/mol. The maximum absolute atomic E-state index is 3.82. The Bertz CT molecular complexity index is 454. The molecule has 4 atom stereocenters. The van der Waals surface area contributed by atoms with Gasteiger partial charge in [0.1, 0.15) is 0 Å². The molecule has 4 rings (SSSR count). The quantitative estimate of drug-likeness (QED) is 0.904. The van der Waals surface area contributed by atoms with Crippen LogP contribution >= 0.6 is 0 Å². The lowest BCUT2D eigenvalue weighted by Gasteiger charge is -2.41. The van der Waals surface area contributed by atoms with Gasteiger partial charge in [-0.1, -0.05) is 37.3 Å². The molecule has 1 saturated heterocycles. The van der Waals surface area contributed by atoms with Gasteiger partial charge in [0.25, 0.3) is 0 Å². The van der Waals surface area contributed by atoms with Crippen molar-refractivity contribution in [2.24, 2.45) is 17.8 Å². The van der Waals surface area contributed by atoms with Crippen LogP contribution in [0.5, 0.6) is 0 Å². The zero-order valence-corrected chi connectivity index (χ0v) is 12.5. The van der Waals surface area contributed by atoms with Crippen molar-refractivity contribution in [1.29, 1.82) is 0 Å². The number of nitrogens with one attached hydrogen (secondary N) is 1. The fourth-order valence-corrected chi connectivity index (χ4v) is 3.81. The maximum atomic E-state index is 3.82. The van der Waals surface area contributed by atoms with Gasteiger partial charge in [0.15, 0.2) is 0 Å². The van der Waals surface area contributed by atoms with Crippen molar-refractivity contribution < 1.29 is 0 Å². The minimum Gasteiger partial charge on any atom is -0.311 e. The molecule has 1 aromatic rings. The predicted octanol–water partition coefficient (Wildman–Crippen LogP) is 3.07. The van der Waals surface area contributed by atoms with E-state index in [0.717, 1.165) is 30.3 Å². The summed E-state index contributed by atoms with van der Waals surface area (Å²) in [5.74, 6) is 2.88. The van der Waals surface area contributed by atoms with E-state index in [2.05, 4.69) is 47.5 Å². The number of piperazine rings is 1. The van der Waals surface area contributed by atoms with Gasteiger partial charge >= 0.3 is 0 Å². The van der Waals surface area contributed by atoms with Crippen LogP contribution < -0.4 is 5.32 Å². The van der Waals surface area contributed by atoms with Crippen molar-refractivity contribution in [3.8, 4) is 0 Å². The summed E-state index contributed by atoms with van der Waals surface area (Å²) in [7, 11) is 0. The van der Waals surface area contributed by atoms with Gasteiger partial charge < -0.3 is 5.32 Å². The largest absolute Gasteiger partial charge is 0.311 e. The minimum absolute atomic E-state index is 0.582. The lowest BCUT2D eigenvalue weighted by Crippen LogP contribution is -2.53. The molecule has 1 N–H and O–H groups in total. The second kappa shape index (κ2) is 5.16. The SMILES string of the molecule is CC1CC1CN1CC(C2CC2)NCC1c1ccccc1. The highest BCUT2D eigenvalue weighted by Crippen LogP contribution is 2.41. The Hall–Kier alpha value is -0.860. The van der Waals surface area contributed by atoms with E-state index in [1.165, 1.54) is 37.9 Å². The second-order valence-corrected chi connectivity index (χ2v) is 7.21. The van der Waals surface area contributed by atoms with Gasteiger partial charge in [-0.05, 0) is 42.6 Å². The van der Waals surface area contributed by atoms with Gasteiger partial charge in [-0.15, -0.1) is 0 Å². The summed E-state index contributed by atoms with van der Waals surface area (Å²) in [6.07, 6.45) is 4.34. The van der Waals surface area contributed by atoms with Crippen LogP contribution in [0.1, 0.15) is 37.8 Å². The minimum atomic E-state index is 0.582. The van der Waals surface area contributed by atoms with Crippen LogP contribution in [0.2, 0.25) is 0 Å². The molecule has 3 aliphatic rings. The molecule has 2 nitrogen and oxygen atoms in total. The van der Waals surface area contributed by atoms with Crippen molar-refractivity contribution in [1.82, 2.24) is 10.2 Å². The van der Waals surface area contributed by atoms with Gasteiger partial charge in [0, 0.05) is 31.7 Å². The second-order valence-electron chi connectivity index (χ2n) is 7.21. The van der Waals surface area contributed by atoms with E-state index in [9.17, 15) is 0 Å². The number of rotatable bonds is 4. The molecule has 1 aliphatic heterocycles. The fourth-order valence-electron chi connectivity index (χ4n) is 3.81. The molecule has 3 fully saturated rings. The van der Waals surface area contributed by atoms with E-state index >= 15 is 0 Å².